The molecule has 2 rings (SSSR count). The molecule has 1 atom stereocenters. The van der Waals surface area contributed by atoms with E-state index in [-0.39, 0.29) is 35.1 Å². The topological polar surface area (TPSA) is 29.5 Å². The van der Waals surface area contributed by atoms with Crippen LogP contribution in [0.25, 0.3) is 0 Å². The molecule has 0 aromatic heterocycles. The summed E-state index contributed by atoms with van der Waals surface area (Å²) in [7, 11) is 1.32. The van der Waals surface area contributed by atoms with Crippen molar-refractivity contribution in [1.82, 2.24) is 0 Å². The first-order valence-electron chi connectivity index (χ1n) is 5.00. The minimum absolute atomic E-state index is 0.0732. The molecular formula is C11H10BrF2NO2. The third-order valence-electron chi connectivity index (χ3n) is 2.57. The maximum absolute atomic E-state index is 13.7. The first kappa shape index (κ1) is 12.3. The number of rotatable bonds is 2. The lowest BCUT2D eigenvalue weighted by atomic mass is 10.2. The molecule has 0 bridgehead atoms. The van der Waals surface area contributed by atoms with Gasteiger partial charge in [0.25, 0.3) is 0 Å². The van der Waals surface area contributed by atoms with Gasteiger partial charge < -0.3 is 9.64 Å². The molecular weight excluding hydrogens is 296 g/mol. The van der Waals surface area contributed by atoms with E-state index in [0.717, 1.165) is 17.0 Å². The molecule has 0 spiro atoms. The van der Waals surface area contributed by atoms with Gasteiger partial charge in [-0.25, -0.2) is 8.78 Å². The molecule has 1 fully saturated rings. The van der Waals surface area contributed by atoms with Crippen molar-refractivity contribution >= 4 is 27.5 Å². The Morgan fingerprint density at radius 3 is 2.41 bits per heavy atom. The van der Waals surface area contributed by atoms with E-state index in [2.05, 4.69) is 15.9 Å². The minimum atomic E-state index is -0.795. The van der Waals surface area contributed by atoms with Crippen LogP contribution in [0.2, 0.25) is 0 Å². The van der Waals surface area contributed by atoms with E-state index < -0.39 is 11.6 Å². The summed E-state index contributed by atoms with van der Waals surface area (Å²) in [6.45, 7) is 0.263. The Balaban J connectivity index is 2.42. The van der Waals surface area contributed by atoms with E-state index in [9.17, 15) is 13.6 Å². The number of hydrogen-bond acceptors (Lipinski definition) is 2. The van der Waals surface area contributed by atoms with Crippen LogP contribution in [0.1, 0.15) is 6.42 Å². The minimum Gasteiger partial charge on any atom is -0.497 e. The SMILES string of the molecule is COc1cc(F)c(N2CC(Br)CC2=O)c(F)c1. The molecule has 6 heteroatoms. The second kappa shape index (κ2) is 4.60. The highest BCUT2D eigenvalue weighted by atomic mass is 79.9. The van der Waals surface area contributed by atoms with Crippen LogP contribution in [0.15, 0.2) is 12.1 Å². The second-order valence-corrected chi connectivity index (χ2v) is 5.04. The third-order valence-corrected chi connectivity index (χ3v) is 3.19. The van der Waals surface area contributed by atoms with Crippen LogP contribution in [0.5, 0.6) is 5.75 Å². The molecule has 92 valence electrons. The van der Waals surface area contributed by atoms with E-state index >= 15 is 0 Å². The van der Waals surface area contributed by atoms with Gasteiger partial charge in [-0.3, -0.25) is 4.79 Å². The molecule has 0 saturated carbocycles. The van der Waals surface area contributed by atoms with Gasteiger partial charge >= 0.3 is 0 Å². The number of nitrogens with zero attached hydrogens (tertiary/aromatic N) is 1. The monoisotopic (exact) mass is 305 g/mol. The van der Waals surface area contributed by atoms with Gasteiger partial charge in [0.2, 0.25) is 5.91 Å². The fourth-order valence-corrected chi connectivity index (χ4v) is 2.36. The van der Waals surface area contributed by atoms with E-state index in [4.69, 9.17) is 4.74 Å². The van der Waals surface area contributed by atoms with Gasteiger partial charge in [0.15, 0.2) is 11.6 Å². The van der Waals surface area contributed by atoms with Crippen molar-refractivity contribution in [1.29, 1.82) is 0 Å². The summed E-state index contributed by atoms with van der Waals surface area (Å²) in [6, 6.07) is 2.13. The van der Waals surface area contributed by atoms with Crippen molar-refractivity contribution < 1.29 is 18.3 Å². The summed E-state index contributed by atoms with van der Waals surface area (Å²) < 4.78 is 32.2. The number of hydrogen-bond donors (Lipinski definition) is 0. The second-order valence-electron chi connectivity index (χ2n) is 3.75. The zero-order valence-electron chi connectivity index (χ0n) is 9.04. The van der Waals surface area contributed by atoms with Crippen molar-refractivity contribution in [3.63, 3.8) is 0 Å². The molecule has 0 aliphatic carbocycles. The Kier molecular flexibility index (Phi) is 3.33. The van der Waals surface area contributed by atoms with Crippen molar-refractivity contribution in [2.45, 2.75) is 11.2 Å². The fraction of sp³-hybridized carbons (Fsp3) is 0.364. The Morgan fingerprint density at radius 2 is 2.00 bits per heavy atom. The molecule has 1 aliphatic rings. The molecule has 1 amide bonds. The van der Waals surface area contributed by atoms with Crippen LogP contribution in [0.4, 0.5) is 14.5 Å². The van der Waals surface area contributed by atoms with Crippen molar-refractivity contribution in [2.24, 2.45) is 0 Å². The molecule has 3 nitrogen and oxygen atoms in total. The van der Waals surface area contributed by atoms with Crippen LogP contribution >= 0.6 is 15.9 Å². The summed E-state index contributed by atoms with van der Waals surface area (Å²) in [5.74, 6) is -1.80. The smallest absolute Gasteiger partial charge is 0.228 e. The third kappa shape index (κ3) is 2.26. The Hall–Kier alpha value is -1.17. The van der Waals surface area contributed by atoms with Crippen LogP contribution < -0.4 is 9.64 Å². The maximum atomic E-state index is 13.7. The lowest BCUT2D eigenvalue weighted by Crippen LogP contribution is -2.26. The van der Waals surface area contributed by atoms with E-state index in [1.807, 2.05) is 0 Å². The lowest BCUT2D eigenvalue weighted by molar-refractivity contribution is -0.117. The molecule has 0 N–H and O–H groups in total. The van der Waals surface area contributed by atoms with Gasteiger partial charge in [0.05, 0.1) is 7.11 Å². The molecule has 1 saturated heterocycles. The van der Waals surface area contributed by atoms with Crippen LogP contribution in [-0.4, -0.2) is 24.4 Å². The molecule has 0 radical (unpaired) electrons. The number of benzene rings is 1. The fourth-order valence-electron chi connectivity index (χ4n) is 1.80. The first-order chi connectivity index (χ1) is 8.02. The summed E-state index contributed by atoms with van der Waals surface area (Å²) in [4.78, 5) is 12.6. The number of carbonyl (C=O) groups excluding carboxylic acids is 1. The summed E-state index contributed by atoms with van der Waals surface area (Å²) in [5, 5.41) is 0. The van der Waals surface area contributed by atoms with Crippen LogP contribution in [-0.2, 0) is 4.79 Å². The van der Waals surface area contributed by atoms with Gasteiger partial charge in [-0.05, 0) is 0 Å². The summed E-state index contributed by atoms with van der Waals surface area (Å²) in [5.41, 5.74) is -0.308. The van der Waals surface area contributed by atoms with E-state index in [1.54, 1.807) is 0 Å². The average molecular weight is 306 g/mol. The van der Waals surface area contributed by atoms with Crippen LogP contribution in [0.3, 0.4) is 0 Å². The van der Waals surface area contributed by atoms with Crippen molar-refractivity contribution in [3.05, 3.63) is 23.8 Å². The Bertz CT molecular complexity index is 444. The number of carbonyl (C=O) groups is 1. The van der Waals surface area contributed by atoms with Gasteiger partial charge in [0.1, 0.15) is 11.4 Å². The van der Waals surface area contributed by atoms with Gasteiger partial charge in [-0.1, -0.05) is 15.9 Å². The van der Waals surface area contributed by atoms with Gasteiger partial charge in [-0.2, -0.15) is 0 Å². The molecule has 1 unspecified atom stereocenters. The zero-order valence-corrected chi connectivity index (χ0v) is 10.6. The number of anilines is 1. The molecule has 1 heterocycles. The Labute approximate surface area is 105 Å². The highest BCUT2D eigenvalue weighted by Gasteiger charge is 2.32. The number of halogens is 3. The predicted octanol–water partition coefficient (Wildman–Crippen LogP) is 2.47. The summed E-state index contributed by atoms with van der Waals surface area (Å²) in [6.07, 6.45) is 0.241. The Morgan fingerprint density at radius 1 is 1.41 bits per heavy atom. The number of methoxy groups -OCH3 is 1. The van der Waals surface area contributed by atoms with Gasteiger partial charge in [0, 0.05) is 29.9 Å². The van der Waals surface area contributed by atoms with E-state index in [0.29, 0.717) is 0 Å². The zero-order chi connectivity index (χ0) is 12.6. The molecule has 1 aromatic rings. The highest BCUT2D eigenvalue weighted by Crippen LogP contribution is 2.32. The van der Waals surface area contributed by atoms with Crippen molar-refractivity contribution in [3.8, 4) is 5.75 Å². The number of ether oxygens (including phenoxy) is 1. The number of amides is 1. The predicted molar refractivity (Wildman–Crippen MR) is 62.6 cm³/mol. The highest BCUT2D eigenvalue weighted by molar-refractivity contribution is 9.09. The number of alkyl halides is 1. The van der Waals surface area contributed by atoms with Crippen molar-refractivity contribution in [2.75, 3.05) is 18.6 Å². The molecule has 1 aromatic carbocycles. The average Bonchev–Trinajstić information content (AvgIpc) is 2.57. The first-order valence-corrected chi connectivity index (χ1v) is 5.92. The molecule has 1 aliphatic heterocycles. The maximum Gasteiger partial charge on any atom is 0.228 e. The lowest BCUT2D eigenvalue weighted by Gasteiger charge is -2.18. The van der Waals surface area contributed by atoms with Gasteiger partial charge in [-0.15, -0.1) is 0 Å². The summed E-state index contributed by atoms with van der Waals surface area (Å²) >= 11 is 3.26. The molecule has 17 heavy (non-hydrogen) atoms. The van der Waals surface area contributed by atoms with E-state index in [1.165, 1.54) is 7.11 Å². The van der Waals surface area contributed by atoms with Crippen LogP contribution in [0, 0.1) is 11.6 Å². The quantitative estimate of drug-likeness (QED) is 0.786. The largest absolute Gasteiger partial charge is 0.497 e. The standard InChI is InChI=1S/C11H10BrF2NO2/c1-17-7-3-8(13)11(9(14)4-7)15-5-6(12)2-10(15)16/h3-4,6H,2,5H2,1H3. The normalized spacial score (nSPS) is 19.9.